The standard InChI is InChI=1S/C21H13F4NO/c1-12-6-8-17-15(10-12)20(16-11-13(22)7-9-18(16)26-17)14-4-2-3-5-19(14)27-21(23,24)25/h2-11H,1H3. The summed E-state index contributed by atoms with van der Waals surface area (Å²) in [5.41, 5.74) is 2.69. The van der Waals surface area contributed by atoms with Crippen LogP contribution in [0.5, 0.6) is 5.75 Å². The van der Waals surface area contributed by atoms with Crippen molar-refractivity contribution in [3.8, 4) is 16.9 Å². The van der Waals surface area contributed by atoms with Crippen molar-refractivity contribution in [1.29, 1.82) is 0 Å². The molecule has 0 fully saturated rings. The van der Waals surface area contributed by atoms with Crippen molar-refractivity contribution in [3.63, 3.8) is 0 Å². The van der Waals surface area contributed by atoms with Crippen LogP contribution in [0.4, 0.5) is 17.6 Å². The van der Waals surface area contributed by atoms with Gasteiger partial charge in [0.25, 0.3) is 0 Å². The van der Waals surface area contributed by atoms with Crippen molar-refractivity contribution in [1.82, 2.24) is 4.98 Å². The maximum atomic E-state index is 13.9. The highest BCUT2D eigenvalue weighted by Gasteiger charge is 2.32. The van der Waals surface area contributed by atoms with Gasteiger partial charge in [-0.1, -0.05) is 29.8 Å². The summed E-state index contributed by atoms with van der Waals surface area (Å²) in [4.78, 5) is 4.52. The van der Waals surface area contributed by atoms with E-state index in [2.05, 4.69) is 9.72 Å². The number of benzene rings is 3. The zero-order valence-corrected chi connectivity index (χ0v) is 14.1. The number of aryl methyl sites for hydroxylation is 1. The maximum Gasteiger partial charge on any atom is 0.573 e. The number of hydrogen-bond acceptors (Lipinski definition) is 2. The number of alkyl halides is 3. The fourth-order valence-corrected chi connectivity index (χ4v) is 3.21. The molecular weight excluding hydrogens is 358 g/mol. The molecule has 0 spiro atoms. The first-order valence-corrected chi connectivity index (χ1v) is 8.16. The summed E-state index contributed by atoms with van der Waals surface area (Å²) in [5.74, 6) is -0.837. The van der Waals surface area contributed by atoms with Gasteiger partial charge in [-0.05, 0) is 43.3 Å². The fraction of sp³-hybridized carbons (Fsp3) is 0.0952. The van der Waals surface area contributed by atoms with E-state index in [9.17, 15) is 17.6 Å². The highest BCUT2D eigenvalue weighted by molar-refractivity contribution is 6.10. The third-order valence-electron chi connectivity index (χ3n) is 4.27. The third-order valence-corrected chi connectivity index (χ3v) is 4.27. The molecular formula is C21H13F4NO. The molecule has 0 saturated carbocycles. The van der Waals surface area contributed by atoms with Crippen molar-refractivity contribution in [2.24, 2.45) is 0 Å². The number of nitrogens with zero attached hydrogens (tertiary/aromatic N) is 1. The molecule has 0 bridgehead atoms. The summed E-state index contributed by atoms with van der Waals surface area (Å²) < 4.78 is 56.9. The molecule has 1 heterocycles. The number of fused-ring (bicyclic) bond motifs is 2. The molecule has 0 N–H and O–H groups in total. The molecule has 0 aliphatic heterocycles. The van der Waals surface area contributed by atoms with Gasteiger partial charge in [0.2, 0.25) is 0 Å². The quantitative estimate of drug-likeness (QED) is 0.300. The van der Waals surface area contributed by atoms with Gasteiger partial charge in [-0.3, -0.25) is 0 Å². The number of hydrogen-bond donors (Lipinski definition) is 0. The number of aromatic nitrogens is 1. The van der Waals surface area contributed by atoms with Gasteiger partial charge in [-0.25, -0.2) is 9.37 Å². The average molecular weight is 371 g/mol. The summed E-state index contributed by atoms with van der Waals surface area (Å²) in [5, 5.41) is 1.05. The molecule has 0 aliphatic carbocycles. The first-order chi connectivity index (χ1) is 12.8. The normalized spacial score (nSPS) is 11.9. The number of halogens is 4. The molecule has 4 aromatic rings. The molecule has 4 rings (SSSR count). The van der Waals surface area contributed by atoms with Gasteiger partial charge in [0, 0.05) is 21.9 Å². The second-order valence-corrected chi connectivity index (χ2v) is 6.21. The predicted molar refractivity (Wildman–Crippen MR) is 96.1 cm³/mol. The lowest BCUT2D eigenvalue weighted by atomic mass is 9.94. The maximum absolute atomic E-state index is 13.9. The second kappa shape index (κ2) is 6.23. The lowest BCUT2D eigenvalue weighted by Gasteiger charge is -2.17. The Hall–Kier alpha value is -3.15. The molecule has 0 atom stereocenters. The van der Waals surface area contributed by atoms with Crippen LogP contribution in [0.25, 0.3) is 32.9 Å². The molecule has 0 radical (unpaired) electrons. The van der Waals surface area contributed by atoms with E-state index in [4.69, 9.17) is 0 Å². The van der Waals surface area contributed by atoms with E-state index in [1.807, 2.05) is 19.1 Å². The van der Waals surface area contributed by atoms with E-state index >= 15 is 0 Å². The summed E-state index contributed by atoms with van der Waals surface area (Å²) in [6, 6.07) is 15.4. The van der Waals surface area contributed by atoms with Gasteiger partial charge in [0.1, 0.15) is 11.6 Å². The summed E-state index contributed by atoms with van der Waals surface area (Å²) in [6.45, 7) is 1.87. The van der Waals surface area contributed by atoms with E-state index in [1.165, 1.54) is 36.4 Å². The van der Waals surface area contributed by atoms with Crippen LogP contribution in [-0.4, -0.2) is 11.3 Å². The van der Waals surface area contributed by atoms with Crippen molar-refractivity contribution in [3.05, 3.63) is 72.0 Å². The topological polar surface area (TPSA) is 22.1 Å². The van der Waals surface area contributed by atoms with E-state index in [0.29, 0.717) is 27.4 Å². The molecule has 0 amide bonds. The minimum Gasteiger partial charge on any atom is -0.405 e. The Kier molecular flexibility index (Phi) is 3.98. The summed E-state index contributed by atoms with van der Waals surface area (Å²) >= 11 is 0. The Morgan fingerprint density at radius 2 is 1.52 bits per heavy atom. The van der Waals surface area contributed by atoms with E-state index < -0.39 is 12.2 Å². The zero-order chi connectivity index (χ0) is 19.2. The van der Waals surface area contributed by atoms with Gasteiger partial charge in [-0.15, -0.1) is 13.2 Å². The number of pyridine rings is 1. The Morgan fingerprint density at radius 1 is 0.852 bits per heavy atom. The third kappa shape index (κ3) is 3.30. The summed E-state index contributed by atoms with van der Waals surface area (Å²) in [7, 11) is 0. The van der Waals surface area contributed by atoms with Crippen LogP contribution in [0.3, 0.4) is 0 Å². The summed E-state index contributed by atoms with van der Waals surface area (Å²) in [6.07, 6.45) is -4.84. The molecule has 27 heavy (non-hydrogen) atoms. The van der Waals surface area contributed by atoms with Crippen molar-refractivity contribution in [2.75, 3.05) is 0 Å². The van der Waals surface area contributed by atoms with Crippen molar-refractivity contribution >= 4 is 21.8 Å². The van der Waals surface area contributed by atoms with Crippen LogP contribution in [0.2, 0.25) is 0 Å². The Morgan fingerprint density at radius 3 is 2.26 bits per heavy atom. The molecule has 136 valence electrons. The molecule has 0 saturated heterocycles. The molecule has 3 aromatic carbocycles. The molecule has 0 aliphatic rings. The number of rotatable bonds is 2. The molecule has 0 unspecified atom stereocenters. The van der Waals surface area contributed by atoms with Crippen molar-refractivity contribution in [2.45, 2.75) is 13.3 Å². The average Bonchev–Trinajstić information content (AvgIpc) is 2.59. The minimum atomic E-state index is -4.84. The van der Waals surface area contributed by atoms with Crippen LogP contribution >= 0.6 is 0 Å². The SMILES string of the molecule is Cc1ccc2nc3ccc(F)cc3c(-c3ccccc3OC(F)(F)F)c2c1. The van der Waals surface area contributed by atoms with E-state index in [1.54, 1.807) is 12.1 Å². The first kappa shape index (κ1) is 17.3. The van der Waals surface area contributed by atoms with Gasteiger partial charge in [0.05, 0.1) is 11.0 Å². The van der Waals surface area contributed by atoms with Gasteiger partial charge in [-0.2, -0.15) is 0 Å². The van der Waals surface area contributed by atoms with Crippen molar-refractivity contribution < 1.29 is 22.3 Å². The smallest absolute Gasteiger partial charge is 0.405 e. The molecule has 6 heteroatoms. The van der Waals surface area contributed by atoms with E-state index in [-0.39, 0.29) is 11.3 Å². The highest BCUT2D eigenvalue weighted by Crippen LogP contribution is 2.41. The van der Waals surface area contributed by atoms with Crippen LogP contribution < -0.4 is 4.74 Å². The zero-order valence-electron chi connectivity index (χ0n) is 14.1. The van der Waals surface area contributed by atoms with Crippen LogP contribution in [0, 0.1) is 12.7 Å². The first-order valence-electron chi connectivity index (χ1n) is 8.16. The number of ether oxygens (including phenoxy) is 1. The second-order valence-electron chi connectivity index (χ2n) is 6.21. The minimum absolute atomic E-state index is 0.225. The van der Waals surface area contributed by atoms with Crippen LogP contribution in [-0.2, 0) is 0 Å². The monoisotopic (exact) mass is 371 g/mol. The predicted octanol–water partition coefficient (Wildman–Crippen LogP) is 6.40. The largest absolute Gasteiger partial charge is 0.573 e. The van der Waals surface area contributed by atoms with Gasteiger partial charge < -0.3 is 4.74 Å². The van der Waals surface area contributed by atoms with E-state index in [0.717, 1.165) is 5.56 Å². The fourth-order valence-electron chi connectivity index (χ4n) is 3.21. The highest BCUT2D eigenvalue weighted by atomic mass is 19.4. The van der Waals surface area contributed by atoms with Crippen LogP contribution in [0.15, 0.2) is 60.7 Å². The van der Waals surface area contributed by atoms with Gasteiger partial charge in [0.15, 0.2) is 0 Å². The Labute approximate surface area is 152 Å². The van der Waals surface area contributed by atoms with Gasteiger partial charge >= 0.3 is 6.36 Å². The lowest BCUT2D eigenvalue weighted by molar-refractivity contribution is -0.274. The molecule has 2 nitrogen and oxygen atoms in total. The Bertz CT molecular complexity index is 1110. The van der Waals surface area contributed by atoms with Crippen LogP contribution in [0.1, 0.15) is 5.56 Å². The Balaban J connectivity index is 2.14. The number of para-hydroxylation sites is 1. The molecule has 1 aromatic heterocycles. The lowest BCUT2D eigenvalue weighted by Crippen LogP contribution is -2.17.